The third-order valence-corrected chi connectivity index (χ3v) is 4.29. The van der Waals surface area contributed by atoms with Crippen molar-refractivity contribution in [1.29, 1.82) is 0 Å². The fraction of sp³-hybridized carbons (Fsp3) is 0.350. The molecule has 2 aromatic rings. The summed E-state index contributed by atoms with van der Waals surface area (Å²) in [6, 6.07) is 15.8. The number of hydrogen-bond donors (Lipinski definition) is 2. The van der Waals surface area contributed by atoms with Gasteiger partial charge in [-0.15, -0.1) is 0 Å². The fourth-order valence-corrected chi connectivity index (χ4v) is 2.93. The third kappa shape index (κ3) is 4.73. The lowest BCUT2D eigenvalue weighted by molar-refractivity contribution is -0.124. The molecule has 1 saturated heterocycles. The molecule has 0 radical (unpaired) electrons. The number of amides is 1. The van der Waals surface area contributed by atoms with Gasteiger partial charge < -0.3 is 20.1 Å². The summed E-state index contributed by atoms with van der Waals surface area (Å²) in [5.41, 5.74) is 2.98. The van der Waals surface area contributed by atoms with Crippen molar-refractivity contribution in [3.8, 4) is 5.75 Å². The van der Waals surface area contributed by atoms with Crippen LogP contribution in [0.15, 0.2) is 48.5 Å². The molecule has 25 heavy (non-hydrogen) atoms. The Hall–Kier alpha value is -2.53. The molecular weight excluding hydrogens is 316 g/mol. The summed E-state index contributed by atoms with van der Waals surface area (Å²) < 4.78 is 10.8. The molecule has 1 unspecified atom stereocenters. The number of anilines is 2. The molecule has 2 aromatic carbocycles. The minimum absolute atomic E-state index is 0.0608. The SMILES string of the molecule is COc1ccccc1CCNc1ccc(NC(=O)C2CCCO2)cc1. The summed E-state index contributed by atoms with van der Waals surface area (Å²) in [7, 11) is 1.69. The molecule has 1 amide bonds. The summed E-state index contributed by atoms with van der Waals surface area (Å²) in [6.45, 7) is 1.48. The van der Waals surface area contributed by atoms with Gasteiger partial charge >= 0.3 is 0 Å². The van der Waals surface area contributed by atoms with Gasteiger partial charge in [0, 0.05) is 24.5 Å². The second-order valence-corrected chi connectivity index (χ2v) is 6.06. The summed E-state index contributed by atoms with van der Waals surface area (Å²) in [6.07, 6.45) is 2.32. The molecule has 1 aliphatic rings. The van der Waals surface area contributed by atoms with Crippen molar-refractivity contribution >= 4 is 17.3 Å². The van der Waals surface area contributed by atoms with Crippen LogP contribution in [-0.4, -0.2) is 32.3 Å². The van der Waals surface area contributed by atoms with Crippen LogP contribution in [0.3, 0.4) is 0 Å². The van der Waals surface area contributed by atoms with E-state index in [0.717, 1.165) is 42.9 Å². The predicted molar refractivity (Wildman–Crippen MR) is 99.2 cm³/mol. The van der Waals surface area contributed by atoms with Gasteiger partial charge in [-0.3, -0.25) is 4.79 Å². The predicted octanol–water partition coefficient (Wildman–Crippen LogP) is 3.47. The van der Waals surface area contributed by atoms with Gasteiger partial charge in [-0.05, 0) is 55.2 Å². The van der Waals surface area contributed by atoms with E-state index < -0.39 is 0 Å². The van der Waals surface area contributed by atoms with Crippen LogP contribution >= 0.6 is 0 Å². The first-order chi connectivity index (χ1) is 12.3. The average Bonchev–Trinajstić information content (AvgIpc) is 3.18. The smallest absolute Gasteiger partial charge is 0.253 e. The van der Waals surface area contributed by atoms with Gasteiger partial charge in [-0.2, -0.15) is 0 Å². The monoisotopic (exact) mass is 340 g/mol. The molecule has 1 heterocycles. The highest BCUT2D eigenvalue weighted by atomic mass is 16.5. The van der Waals surface area contributed by atoms with Gasteiger partial charge in [-0.25, -0.2) is 0 Å². The Bertz CT molecular complexity index is 694. The first-order valence-corrected chi connectivity index (χ1v) is 8.64. The summed E-state index contributed by atoms with van der Waals surface area (Å²) >= 11 is 0. The molecule has 5 nitrogen and oxygen atoms in total. The van der Waals surface area contributed by atoms with Gasteiger partial charge in [0.15, 0.2) is 0 Å². The Morgan fingerprint density at radius 3 is 2.64 bits per heavy atom. The maximum absolute atomic E-state index is 12.0. The van der Waals surface area contributed by atoms with Crippen molar-refractivity contribution in [3.63, 3.8) is 0 Å². The molecular formula is C20H24N2O3. The normalized spacial score (nSPS) is 16.4. The summed E-state index contributed by atoms with van der Waals surface area (Å²) in [4.78, 5) is 12.0. The molecule has 1 aliphatic heterocycles. The topological polar surface area (TPSA) is 59.6 Å². The Labute approximate surface area is 148 Å². The second kappa shape index (κ2) is 8.53. The molecule has 1 atom stereocenters. The highest BCUT2D eigenvalue weighted by molar-refractivity contribution is 5.94. The van der Waals surface area contributed by atoms with E-state index in [9.17, 15) is 4.79 Å². The molecule has 5 heteroatoms. The van der Waals surface area contributed by atoms with Crippen LogP contribution in [0.25, 0.3) is 0 Å². The number of carbonyl (C=O) groups excluding carboxylic acids is 1. The number of ether oxygens (including phenoxy) is 2. The number of hydrogen-bond acceptors (Lipinski definition) is 4. The minimum Gasteiger partial charge on any atom is -0.496 e. The number of benzene rings is 2. The van der Waals surface area contributed by atoms with Gasteiger partial charge in [0.05, 0.1) is 7.11 Å². The van der Waals surface area contributed by atoms with Gasteiger partial charge in [0.2, 0.25) is 0 Å². The van der Waals surface area contributed by atoms with Crippen LogP contribution < -0.4 is 15.4 Å². The molecule has 2 N–H and O–H groups in total. The second-order valence-electron chi connectivity index (χ2n) is 6.06. The minimum atomic E-state index is -0.307. The number of para-hydroxylation sites is 1. The van der Waals surface area contributed by atoms with Crippen molar-refractivity contribution in [2.75, 3.05) is 30.9 Å². The number of methoxy groups -OCH3 is 1. The van der Waals surface area contributed by atoms with Gasteiger partial charge in [0.25, 0.3) is 5.91 Å². The van der Waals surface area contributed by atoms with E-state index in [1.54, 1.807) is 7.11 Å². The van der Waals surface area contributed by atoms with Crippen LogP contribution in [0.1, 0.15) is 18.4 Å². The van der Waals surface area contributed by atoms with E-state index in [1.165, 1.54) is 5.56 Å². The first-order valence-electron chi connectivity index (χ1n) is 8.64. The van der Waals surface area contributed by atoms with E-state index >= 15 is 0 Å². The van der Waals surface area contributed by atoms with Crippen LogP contribution in [0, 0.1) is 0 Å². The lowest BCUT2D eigenvalue weighted by Gasteiger charge is -2.12. The van der Waals surface area contributed by atoms with Gasteiger partial charge in [-0.1, -0.05) is 18.2 Å². The Morgan fingerprint density at radius 1 is 1.16 bits per heavy atom. The van der Waals surface area contributed by atoms with Crippen molar-refractivity contribution in [2.24, 2.45) is 0 Å². The molecule has 0 bridgehead atoms. The van der Waals surface area contributed by atoms with Gasteiger partial charge in [0.1, 0.15) is 11.9 Å². The van der Waals surface area contributed by atoms with Crippen molar-refractivity contribution in [3.05, 3.63) is 54.1 Å². The standard InChI is InChI=1S/C20H24N2O3/c1-24-18-6-3-2-5-15(18)12-13-21-16-8-10-17(11-9-16)22-20(23)19-7-4-14-25-19/h2-3,5-6,8-11,19,21H,4,7,12-14H2,1H3,(H,22,23). The first kappa shape index (κ1) is 17.3. The molecule has 132 valence electrons. The number of rotatable bonds is 7. The van der Waals surface area contributed by atoms with E-state index in [2.05, 4.69) is 16.7 Å². The average molecular weight is 340 g/mol. The zero-order valence-electron chi connectivity index (χ0n) is 14.5. The molecule has 0 aliphatic carbocycles. The number of nitrogens with one attached hydrogen (secondary N) is 2. The largest absolute Gasteiger partial charge is 0.496 e. The Balaban J connectivity index is 1.48. The molecule has 3 rings (SSSR count). The van der Waals surface area contributed by atoms with Crippen LogP contribution in [0.5, 0.6) is 5.75 Å². The van der Waals surface area contributed by atoms with E-state index in [4.69, 9.17) is 9.47 Å². The lowest BCUT2D eigenvalue weighted by atomic mass is 10.1. The van der Waals surface area contributed by atoms with E-state index in [0.29, 0.717) is 6.61 Å². The van der Waals surface area contributed by atoms with E-state index in [-0.39, 0.29) is 12.0 Å². The lowest BCUT2D eigenvalue weighted by Crippen LogP contribution is -2.26. The van der Waals surface area contributed by atoms with Crippen molar-refractivity contribution < 1.29 is 14.3 Å². The zero-order chi connectivity index (χ0) is 17.5. The number of carbonyl (C=O) groups is 1. The zero-order valence-corrected chi connectivity index (χ0v) is 14.5. The Morgan fingerprint density at radius 2 is 1.92 bits per heavy atom. The maximum Gasteiger partial charge on any atom is 0.253 e. The van der Waals surface area contributed by atoms with Crippen molar-refractivity contribution in [1.82, 2.24) is 0 Å². The highest BCUT2D eigenvalue weighted by Crippen LogP contribution is 2.19. The summed E-state index contributed by atoms with van der Waals surface area (Å²) in [5, 5.41) is 6.29. The van der Waals surface area contributed by atoms with Crippen LogP contribution in [0.2, 0.25) is 0 Å². The highest BCUT2D eigenvalue weighted by Gasteiger charge is 2.23. The quantitative estimate of drug-likeness (QED) is 0.810. The molecule has 1 fully saturated rings. The van der Waals surface area contributed by atoms with Crippen LogP contribution in [0.4, 0.5) is 11.4 Å². The molecule has 0 aromatic heterocycles. The third-order valence-electron chi connectivity index (χ3n) is 4.29. The Kier molecular flexibility index (Phi) is 5.90. The maximum atomic E-state index is 12.0. The fourth-order valence-electron chi connectivity index (χ4n) is 2.93. The molecule has 0 spiro atoms. The molecule has 0 saturated carbocycles. The van der Waals surface area contributed by atoms with Crippen molar-refractivity contribution in [2.45, 2.75) is 25.4 Å². The van der Waals surface area contributed by atoms with Crippen LogP contribution in [-0.2, 0) is 16.0 Å². The van der Waals surface area contributed by atoms with E-state index in [1.807, 2.05) is 42.5 Å². The summed E-state index contributed by atoms with van der Waals surface area (Å²) in [5.74, 6) is 0.853.